The summed E-state index contributed by atoms with van der Waals surface area (Å²) in [5, 5.41) is 3.27. The number of aromatic nitrogens is 2. The predicted molar refractivity (Wildman–Crippen MR) is 69.5 cm³/mol. The first-order chi connectivity index (χ1) is 8.19. The summed E-state index contributed by atoms with van der Waals surface area (Å²) in [6.07, 6.45) is 1.69. The first-order valence-electron chi connectivity index (χ1n) is 6.05. The van der Waals surface area contributed by atoms with Crippen molar-refractivity contribution < 1.29 is 4.74 Å². The number of nitrogens with zero attached hydrogens (tertiary/aromatic N) is 3. The topological polar surface area (TPSA) is 50.3 Å². The van der Waals surface area contributed by atoms with Crippen molar-refractivity contribution in [2.24, 2.45) is 0 Å². The summed E-state index contributed by atoms with van der Waals surface area (Å²) in [5.74, 6) is 1.20. The fourth-order valence-electron chi connectivity index (χ4n) is 1.66. The molecule has 0 aliphatic heterocycles. The molecular weight excluding hydrogens is 216 g/mol. The highest BCUT2D eigenvalue weighted by molar-refractivity contribution is 5.28. The summed E-state index contributed by atoms with van der Waals surface area (Å²) in [6.45, 7) is 9.55. The first-order valence-corrected chi connectivity index (χ1v) is 6.05. The molecule has 0 saturated heterocycles. The molecule has 1 rings (SSSR count). The SMILES string of the molecule is CCN(CC)CC(C)Nc1nccc(OC)n1. The number of hydrogen-bond donors (Lipinski definition) is 1. The molecule has 0 aliphatic rings. The average Bonchev–Trinajstić information content (AvgIpc) is 2.36. The molecule has 1 atom stereocenters. The molecule has 1 N–H and O–H groups in total. The Labute approximate surface area is 103 Å². The zero-order chi connectivity index (χ0) is 12.7. The van der Waals surface area contributed by atoms with Gasteiger partial charge in [0.05, 0.1) is 7.11 Å². The highest BCUT2D eigenvalue weighted by atomic mass is 16.5. The van der Waals surface area contributed by atoms with E-state index < -0.39 is 0 Å². The van der Waals surface area contributed by atoms with Gasteiger partial charge in [-0.1, -0.05) is 13.8 Å². The second kappa shape index (κ2) is 7.06. The van der Waals surface area contributed by atoms with Crippen LogP contribution in [0.5, 0.6) is 5.88 Å². The molecule has 1 aromatic rings. The molecule has 1 aromatic heterocycles. The molecule has 1 heterocycles. The minimum atomic E-state index is 0.307. The van der Waals surface area contributed by atoms with Crippen molar-refractivity contribution >= 4 is 5.95 Å². The number of hydrogen-bond acceptors (Lipinski definition) is 5. The van der Waals surface area contributed by atoms with Crippen molar-refractivity contribution in [2.45, 2.75) is 26.8 Å². The Morgan fingerprint density at radius 1 is 1.41 bits per heavy atom. The molecule has 96 valence electrons. The molecule has 0 bridgehead atoms. The van der Waals surface area contributed by atoms with Gasteiger partial charge in [-0.05, 0) is 20.0 Å². The summed E-state index contributed by atoms with van der Waals surface area (Å²) in [5.41, 5.74) is 0. The number of rotatable bonds is 7. The maximum absolute atomic E-state index is 5.06. The number of likely N-dealkylation sites (N-methyl/N-ethyl adjacent to an activating group) is 1. The smallest absolute Gasteiger partial charge is 0.226 e. The molecule has 0 amide bonds. The van der Waals surface area contributed by atoms with Gasteiger partial charge in [0, 0.05) is 24.8 Å². The number of anilines is 1. The molecule has 17 heavy (non-hydrogen) atoms. The van der Waals surface area contributed by atoms with E-state index in [1.807, 2.05) is 0 Å². The average molecular weight is 238 g/mol. The first kappa shape index (κ1) is 13.7. The maximum atomic E-state index is 5.06. The molecule has 5 nitrogen and oxygen atoms in total. The van der Waals surface area contributed by atoms with Gasteiger partial charge in [-0.2, -0.15) is 4.98 Å². The lowest BCUT2D eigenvalue weighted by Gasteiger charge is -2.23. The minimum absolute atomic E-state index is 0.307. The van der Waals surface area contributed by atoms with Crippen molar-refractivity contribution in [1.29, 1.82) is 0 Å². The lowest BCUT2D eigenvalue weighted by atomic mass is 10.3. The molecule has 0 spiro atoms. The summed E-state index contributed by atoms with van der Waals surface area (Å²) in [6, 6.07) is 2.04. The van der Waals surface area contributed by atoms with E-state index in [4.69, 9.17) is 4.74 Å². The van der Waals surface area contributed by atoms with E-state index in [0.717, 1.165) is 19.6 Å². The quantitative estimate of drug-likeness (QED) is 0.782. The zero-order valence-electron chi connectivity index (χ0n) is 11.1. The van der Waals surface area contributed by atoms with Crippen LogP contribution in [0, 0.1) is 0 Å². The summed E-state index contributed by atoms with van der Waals surface area (Å²) < 4.78 is 5.06. The Kier molecular flexibility index (Phi) is 5.69. The lowest BCUT2D eigenvalue weighted by Crippen LogP contribution is -2.35. The Morgan fingerprint density at radius 3 is 2.71 bits per heavy atom. The third-order valence-electron chi connectivity index (χ3n) is 2.64. The molecule has 0 radical (unpaired) electrons. The molecule has 1 unspecified atom stereocenters. The van der Waals surface area contributed by atoms with Crippen LogP contribution < -0.4 is 10.1 Å². The van der Waals surface area contributed by atoms with Gasteiger partial charge in [0.15, 0.2) is 0 Å². The van der Waals surface area contributed by atoms with Crippen molar-refractivity contribution in [3.8, 4) is 5.88 Å². The summed E-state index contributed by atoms with van der Waals surface area (Å²) in [7, 11) is 1.60. The highest BCUT2D eigenvalue weighted by Gasteiger charge is 2.08. The van der Waals surface area contributed by atoms with Crippen LogP contribution in [0.3, 0.4) is 0 Å². The van der Waals surface area contributed by atoms with E-state index in [-0.39, 0.29) is 0 Å². The van der Waals surface area contributed by atoms with Gasteiger partial charge in [0.25, 0.3) is 0 Å². The number of ether oxygens (including phenoxy) is 1. The Balaban J connectivity index is 2.52. The maximum Gasteiger partial charge on any atom is 0.226 e. The van der Waals surface area contributed by atoms with Crippen LogP contribution in [0.25, 0.3) is 0 Å². The third kappa shape index (κ3) is 4.56. The van der Waals surface area contributed by atoms with Gasteiger partial charge < -0.3 is 15.0 Å². The Hall–Kier alpha value is -1.36. The molecular formula is C12H22N4O. The Bertz CT molecular complexity index is 328. The monoisotopic (exact) mass is 238 g/mol. The van der Waals surface area contributed by atoms with E-state index in [1.165, 1.54) is 0 Å². The van der Waals surface area contributed by atoms with E-state index in [2.05, 4.69) is 41.0 Å². The van der Waals surface area contributed by atoms with Gasteiger partial charge in [-0.15, -0.1) is 0 Å². The van der Waals surface area contributed by atoms with Crippen molar-refractivity contribution in [3.05, 3.63) is 12.3 Å². The summed E-state index contributed by atoms with van der Waals surface area (Å²) >= 11 is 0. The third-order valence-corrected chi connectivity index (χ3v) is 2.64. The summed E-state index contributed by atoms with van der Waals surface area (Å²) in [4.78, 5) is 10.8. The van der Waals surface area contributed by atoms with Crippen LogP contribution in [0.1, 0.15) is 20.8 Å². The second-order valence-electron chi connectivity index (χ2n) is 3.95. The molecule has 0 fully saturated rings. The molecule has 0 saturated carbocycles. The zero-order valence-corrected chi connectivity index (χ0v) is 11.1. The van der Waals surface area contributed by atoms with Crippen LogP contribution >= 0.6 is 0 Å². The van der Waals surface area contributed by atoms with E-state index in [0.29, 0.717) is 17.9 Å². The molecule has 5 heteroatoms. The highest BCUT2D eigenvalue weighted by Crippen LogP contribution is 2.08. The molecule has 0 aromatic carbocycles. The molecule has 0 aliphatic carbocycles. The van der Waals surface area contributed by atoms with Crippen LogP contribution in [0.2, 0.25) is 0 Å². The van der Waals surface area contributed by atoms with Crippen molar-refractivity contribution in [2.75, 3.05) is 32.1 Å². The van der Waals surface area contributed by atoms with Gasteiger partial charge in [-0.25, -0.2) is 4.98 Å². The Morgan fingerprint density at radius 2 is 2.12 bits per heavy atom. The number of methoxy groups -OCH3 is 1. The number of nitrogens with one attached hydrogen (secondary N) is 1. The van der Waals surface area contributed by atoms with Gasteiger partial charge in [0.1, 0.15) is 0 Å². The van der Waals surface area contributed by atoms with Crippen LogP contribution in [-0.4, -0.2) is 47.7 Å². The van der Waals surface area contributed by atoms with Gasteiger partial charge >= 0.3 is 0 Å². The van der Waals surface area contributed by atoms with Crippen molar-refractivity contribution in [1.82, 2.24) is 14.9 Å². The minimum Gasteiger partial charge on any atom is -0.481 e. The fraction of sp³-hybridized carbons (Fsp3) is 0.667. The normalized spacial score (nSPS) is 12.5. The van der Waals surface area contributed by atoms with E-state index >= 15 is 0 Å². The van der Waals surface area contributed by atoms with Crippen LogP contribution in [-0.2, 0) is 0 Å². The van der Waals surface area contributed by atoms with Crippen LogP contribution in [0.4, 0.5) is 5.95 Å². The second-order valence-corrected chi connectivity index (χ2v) is 3.95. The fourth-order valence-corrected chi connectivity index (χ4v) is 1.66. The van der Waals surface area contributed by atoms with Crippen LogP contribution in [0.15, 0.2) is 12.3 Å². The lowest BCUT2D eigenvalue weighted by molar-refractivity contribution is 0.294. The van der Waals surface area contributed by atoms with E-state index in [1.54, 1.807) is 19.4 Å². The largest absolute Gasteiger partial charge is 0.481 e. The van der Waals surface area contributed by atoms with Crippen molar-refractivity contribution in [3.63, 3.8) is 0 Å². The predicted octanol–water partition coefficient (Wildman–Crippen LogP) is 1.63. The van der Waals surface area contributed by atoms with Gasteiger partial charge in [-0.3, -0.25) is 0 Å². The van der Waals surface area contributed by atoms with Gasteiger partial charge in [0.2, 0.25) is 11.8 Å². The standard InChI is InChI=1S/C12H22N4O/c1-5-16(6-2)9-10(3)14-12-13-8-7-11(15-12)17-4/h7-8,10H,5-6,9H2,1-4H3,(H,13,14,15). The van der Waals surface area contributed by atoms with E-state index in [9.17, 15) is 0 Å².